The molecule has 0 bridgehead atoms. The molecule has 3 aromatic heterocycles. The van der Waals surface area contributed by atoms with E-state index in [1.165, 1.54) is 0 Å². The highest BCUT2D eigenvalue weighted by atomic mass is 31.2. The van der Waals surface area contributed by atoms with Gasteiger partial charge in [0.05, 0.1) is 16.8 Å². The normalized spacial score (nSPS) is 17.5. The van der Waals surface area contributed by atoms with E-state index in [-0.39, 0.29) is 0 Å². The molecular weight excluding hydrogens is 744 g/mol. The molecule has 2 aliphatic rings. The SMILES string of the molecule is O=P1(c2ccccc2)c2ccccc2C2(c3ccccc3Oc3cc(-c4cc(-c5ccccn5)cc(-c5ccccn5)c4)ccc32)c2cc3c(cc21)oc1ccccc13. The predicted molar refractivity (Wildman–Crippen MR) is 237 cm³/mol. The molecule has 2 atom stereocenters. The van der Waals surface area contributed by atoms with Crippen LogP contribution in [-0.4, -0.2) is 9.97 Å². The second kappa shape index (κ2) is 12.8. The average Bonchev–Trinajstić information content (AvgIpc) is 3.68. The summed E-state index contributed by atoms with van der Waals surface area (Å²) in [6.45, 7) is 0. The van der Waals surface area contributed by atoms with Gasteiger partial charge in [-0.1, -0.05) is 115 Å². The van der Waals surface area contributed by atoms with Crippen LogP contribution in [0.5, 0.6) is 11.5 Å². The molecule has 5 heterocycles. The molecule has 59 heavy (non-hydrogen) atoms. The van der Waals surface area contributed by atoms with Crippen molar-refractivity contribution in [1.29, 1.82) is 0 Å². The summed E-state index contributed by atoms with van der Waals surface area (Å²) in [7, 11) is -3.45. The van der Waals surface area contributed by atoms with E-state index in [4.69, 9.17) is 19.1 Å². The van der Waals surface area contributed by atoms with E-state index in [1.54, 1.807) is 0 Å². The van der Waals surface area contributed by atoms with Gasteiger partial charge >= 0.3 is 0 Å². The molecular formula is C53H33N2O3P. The lowest BCUT2D eigenvalue weighted by molar-refractivity contribution is 0.435. The minimum atomic E-state index is -3.45. The summed E-state index contributed by atoms with van der Waals surface area (Å²) < 4.78 is 30.0. The minimum absolute atomic E-state index is 0.711. The van der Waals surface area contributed by atoms with Crippen molar-refractivity contribution < 1.29 is 13.7 Å². The lowest BCUT2D eigenvalue weighted by atomic mass is 9.63. The number of hydrogen-bond acceptors (Lipinski definition) is 5. The summed E-state index contributed by atoms with van der Waals surface area (Å²) in [5.41, 5.74) is 10.3. The van der Waals surface area contributed by atoms with E-state index in [0.717, 1.165) is 99.7 Å². The number of aromatic nitrogens is 2. The Labute approximate surface area is 340 Å². The number of pyridine rings is 2. The molecule has 12 rings (SSSR count). The molecule has 1 spiro atoms. The van der Waals surface area contributed by atoms with Gasteiger partial charge in [0.25, 0.3) is 0 Å². The predicted octanol–water partition coefficient (Wildman–Crippen LogP) is 11.8. The van der Waals surface area contributed by atoms with E-state index in [1.807, 2.05) is 116 Å². The first-order valence-corrected chi connectivity index (χ1v) is 21.4. The second-order valence-corrected chi connectivity index (χ2v) is 17.9. The number of para-hydroxylation sites is 2. The Kier molecular flexibility index (Phi) is 7.35. The topological polar surface area (TPSA) is 65.2 Å². The molecule has 5 nitrogen and oxygen atoms in total. The van der Waals surface area contributed by atoms with Crippen molar-refractivity contribution in [2.75, 3.05) is 0 Å². The van der Waals surface area contributed by atoms with Crippen LogP contribution in [0, 0.1) is 0 Å². The van der Waals surface area contributed by atoms with Crippen LogP contribution in [0.1, 0.15) is 22.3 Å². The van der Waals surface area contributed by atoms with E-state index in [2.05, 4.69) is 84.9 Å². The largest absolute Gasteiger partial charge is 0.457 e. The van der Waals surface area contributed by atoms with Gasteiger partial charge in [-0.25, -0.2) is 0 Å². The summed E-state index contributed by atoms with van der Waals surface area (Å²) in [5.74, 6) is 1.49. The molecule has 0 saturated carbocycles. The maximum Gasteiger partial charge on any atom is 0.171 e. The van der Waals surface area contributed by atoms with Crippen LogP contribution in [-0.2, 0) is 9.98 Å². The number of nitrogens with zero attached hydrogens (tertiary/aromatic N) is 2. The monoisotopic (exact) mass is 776 g/mol. The van der Waals surface area contributed by atoms with Crippen molar-refractivity contribution in [3.05, 3.63) is 223 Å². The van der Waals surface area contributed by atoms with Crippen LogP contribution in [0.4, 0.5) is 0 Å². The van der Waals surface area contributed by atoms with Gasteiger partial charge in [0.1, 0.15) is 22.7 Å². The lowest BCUT2D eigenvalue weighted by Crippen LogP contribution is -2.47. The first-order valence-electron chi connectivity index (χ1n) is 19.7. The highest BCUT2D eigenvalue weighted by Gasteiger charge is 2.55. The zero-order valence-electron chi connectivity index (χ0n) is 31.6. The summed E-state index contributed by atoms with van der Waals surface area (Å²) in [4.78, 5) is 9.42. The molecule has 0 amide bonds. The highest BCUT2D eigenvalue weighted by Crippen LogP contribution is 2.62. The van der Waals surface area contributed by atoms with Crippen molar-refractivity contribution >= 4 is 45.0 Å². The van der Waals surface area contributed by atoms with Crippen LogP contribution in [0.2, 0.25) is 0 Å². The van der Waals surface area contributed by atoms with Crippen molar-refractivity contribution in [3.63, 3.8) is 0 Å². The van der Waals surface area contributed by atoms with Crippen molar-refractivity contribution in [2.45, 2.75) is 5.41 Å². The van der Waals surface area contributed by atoms with Crippen LogP contribution in [0.3, 0.4) is 0 Å². The smallest absolute Gasteiger partial charge is 0.171 e. The van der Waals surface area contributed by atoms with Gasteiger partial charge in [-0.05, 0) is 95.1 Å². The summed E-state index contributed by atoms with van der Waals surface area (Å²) >= 11 is 0. The molecule has 278 valence electrons. The Morgan fingerprint density at radius 1 is 0.424 bits per heavy atom. The Balaban J connectivity index is 1.17. The Morgan fingerprint density at radius 3 is 1.83 bits per heavy atom. The molecule has 2 aliphatic heterocycles. The number of hydrogen-bond donors (Lipinski definition) is 0. The number of benzene rings is 7. The molecule has 7 aromatic carbocycles. The van der Waals surface area contributed by atoms with E-state index >= 15 is 4.57 Å². The third kappa shape index (κ3) is 4.89. The second-order valence-electron chi connectivity index (χ2n) is 15.2. The van der Waals surface area contributed by atoms with Gasteiger partial charge < -0.3 is 13.7 Å². The molecule has 0 radical (unpaired) electrons. The van der Waals surface area contributed by atoms with Crippen LogP contribution in [0.15, 0.2) is 205 Å². The highest BCUT2D eigenvalue weighted by molar-refractivity contribution is 7.85. The molecule has 10 aromatic rings. The van der Waals surface area contributed by atoms with Crippen LogP contribution in [0.25, 0.3) is 55.6 Å². The number of ether oxygens (including phenoxy) is 1. The van der Waals surface area contributed by atoms with Crippen molar-refractivity contribution in [1.82, 2.24) is 9.97 Å². The zero-order valence-corrected chi connectivity index (χ0v) is 32.5. The Bertz CT molecular complexity index is 3290. The fraction of sp³-hybridized carbons (Fsp3) is 0.0189. The third-order valence-electron chi connectivity index (χ3n) is 12.1. The van der Waals surface area contributed by atoms with Gasteiger partial charge in [-0.15, -0.1) is 0 Å². The maximum absolute atomic E-state index is 16.4. The molecule has 0 N–H and O–H groups in total. The van der Waals surface area contributed by atoms with Crippen LogP contribution >= 0.6 is 7.14 Å². The molecule has 0 aliphatic carbocycles. The van der Waals surface area contributed by atoms with E-state index in [0.29, 0.717) is 5.58 Å². The first-order chi connectivity index (χ1) is 29.1. The third-order valence-corrected chi connectivity index (χ3v) is 15.2. The quantitative estimate of drug-likeness (QED) is 0.167. The summed E-state index contributed by atoms with van der Waals surface area (Å²) in [6, 6.07) is 64.0. The van der Waals surface area contributed by atoms with Gasteiger partial charge in [-0.2, -0.15) is 0 Å². The van der Waals surface area contributed by atoms with Crippen LogP contribution < -0.4 is 20.7 Å². The lowest BCUT2D eigenvalue weighted by Gasteiger charge is -2.47. The number of fused-ring (bicyclic) bond motifs is 11. The van der Waals surface area contributed by atoms with Gasteiger partial charge in [-0.3, -0.25) is 9.97 Å². The van der Waals surface area contributed by atoms with Gasteiger partial charge in [0, 0.05) is 61.3 Å². The van der Waals surface area contributed by atoms with E-state index < -0.39 is 12.6 Å². The molecule has 0 fully saturated rings. The zero-order chi connectivity index (χ0) is 39.1. The summed E-state index contributed by atoms with van der Waals surface area (Å²) in [5, 5.41) is 4.36. The van der Waals surface area contributed by atoms with Crippen molar-refractivity contribution in [3.8, 4) is 45.1 Å². The molecule has 2 unspecified atom stereocenters. The first kappa shape index (κ1) is 33.8. The summed E-state index contributed by atoms with van der Waals surface area (Å²) in [6.07, 6.45) is 3.64. The fourth-order valence-corrected chi connectivity index (χ4v) is 12.7. The van der Waals surface area contributed by atoms with Crippen molar-refractivity contribution in [2.24, 2.45) is 0 Å². The number of furan rings is 1. The van der Waals surface area contributed by atoms with Gasteiger partial charge in [0.2, 0.25) is 0 Å². The van der Waals surface area contributed by atoms with Gasteiger partial charge in [0.15, 0.2) is 7.14 Å². The molecule has 0 saturated heterocycles. The fourth-order valence-electron chi connectivity index (χ4n) is 9.54. The Morgan fingerprint density at radius 2 is 1.07 bits per heavy atom. The standard InChI is InChI=1S/C53H33N2O3P/c56-59(38-14-2-1-3-15-38)51-23-9-6-18-43(51)53(44-32-40-39-16-4-7-21-47(39)57-49(40)33-52(44)59)41-17-5-8-22-48(41)58-50-31-34(24-25-42(50)53)35-28-36(45-19-10-12-26-54-45)30-37(29-35)46-20-11-13-27-55-46/h1-33H. The number of rotatable bonds is 4. The minimum Gasteiger partial charge on any atom is -0.457 e. The average molecular weight is 777 g/mol. The van der Waals surface area contributed by atoms with E-state index in [9.17, 15) is 0 Å². The maximum atomic E-state index is 16.4. The molecule has 6 heteroatoms. The Hall–Kier alpha value is -7.33.